The molecule has 0 saturated carbocycles. The van der Waals surface area contributed by atoms with Crippen molar-refractivity contribution in [3.63, 3.8) is 0 Å². The fourth-order valence-corrected chi connectivity index (χ4v) is 1.57. The molecule has 2 nitrogen and oxygen atoms in total. The van der Waals surface area contributed by atoms with Gasteiger partial charge in [0.2, 0.25) is 0 Å². The van der Waals surface area contributed by atoms with E-state index in [4.69, 9.17) is 9.47 Å². The quantitative estimate of drug-likeness (QED) is 0.779. The summed E-state index contributed by atoms with van der Waals surface area (Å²) in [6.45, 7) is 0. The van der Waals surface area contributed by atoms with Gasteiger partial charge in [0.15, 0.2) is 0 Å². The molecule has 1 radical (unpaired) electrons. The second kappa shape index (κ2) is 4.71. The van der Waals surface area contributed by atoms with E-state index < -0.39 is 0 Å². The van der Waals surface area contributed by atoms with Gasteiger partial charge in [-0.2, -0.15) is 0 Å². The third kappa shape index (κ3) is 2.01. The number of rotatable bonds is 3. The van der Waals surface area contributed by atoms with Crippen LogP contribution in [0, 0.1) is 6.07 Å². The Bertz CT molecular complexity index is 460. The summed E-state index contributed by atoms with van der Waals surface area (Å²) in [7, 11) is 3.31. The van der Waals surface area contributed by atoms with E-state index >= 15 is 0 Å². The van der Waals surface area contributed by atoms with Gasteiger partial charge in [0.1, 0.15) is 11.5 Å². The van der Waals surface area contributed by atoms with Gasteiger partial charge in [-0.25, -0.2) is 0 Å². The van der Waals surface area contributed by atoms with Crippen molar-refractivity contribution < 1.29 is 9.47 Å². The summed E-state index contributed by atoms with van der Waals surface area (Å²) in [5.41, 5.74) is 2.03. The van der Waals surface area contributed by atoms with Gasteiger partial charge < -0.3 is 9.47 Å². The molecule has 0 unspecified atom stereocenters. The summed E-state index contributed by atoms with van der Waals surface area (Å²) in [6, 6.07) is 16.8. The van der Waals surface area contributed by atoms with E-state index in [2.05, 4.69) is 6.07 Å². The van der Waals surface area contributed by atoms with E-state index in [9.17, 15) is 0 Å². The molecule has 0 heterocycles. The molecule has 0 aliphatic rings. The first-order chi connectivity index (χ1) is 7.85. The molecule has 0 spiro atoms. The maximum absolute atomic E-state index is 5.31. The van der Waals surface area contributed by atoms with Gasteiger partial charge in [0, 0.05) is 5.56 Å². The molecule has 0 fully saturated rings. The summed E-state index contributed by atoms with van der Waals surface area (Å²) in [5, 5.41) is 0. The lowest BCUT2D eigenvalue weighted by molar-refractivity contribution is 0.414. The minimum Gasteiger partial charge on any atom is -0.497 e. The molecular weight excluding hydrogens is 200 g/mol. The lowest BCUT2D eigenvalue weighted by Crippen LogP contribution is -1.88. The summed E-state index contributed by atoms with van der Waals surface area (Å²) in [6.07, 6.45) is 0. The first-order valence-corrected chi connectivity index (χ1v) is 5.04. The smallest absolute Gasteiger partial charge is 0.126 e. The van der Waals surface area contributed by atoms with Crippen LogP contribution in [0.15, 0.2) is 42.5 Å². The fourth-order valence-electron chi connectivity index (χ4n) is 1.57. The highest BCUT2D eigenvalue weighted by Gasteiger charge is 2.04. The SMILES string of the molecule is COc1c[c]c(-c2ccccc2OC)cc1. The van der Waals surface area contributed by atoms with Crippen molar-refractivity contribution in [1.29, 1.82) is 0 Å². The van der Waals surface area contributed by atoms with E-state index in [0.29, 0.717) is 0 Å². The second-order valence-electron chi connectivity index (χ2n) is 3.34. The van der Waals surface area contributed by atoms with E-state index in [1.807, 2.05) is 42.5 Å². The highest BCUT2D eigenvalue weighted by molar-refractivity contribution is 5.70. The Morgan fingerprint density at radius 2 is 1.75 bits per heavy atom. The molecule has 2 aromatic carbocycles. The van der Waals surface area contributed by atoms with Crippen molar-refractivity contribution in [1.82, 2.24) is 0 Å². The van der Waals surface area contributed by atoms with Gasteiger partial charge in [-0.15, -0.1) is 0 Å². The maximum atomic E-state index is 5.31. The molecule has 2 heteroatoms. The molecule has 0 aliphatic heterocycles. The first-order valence-electron chi connectivity index (χ1n) is 5.04. The van der Waals surface area contributed by atoms with Crippen LogP contribution in [-0.2, 0) is 0 Å². The Kier molecular flexibility index (Phi) is 3.10. The summed E-state index contributed by atoms with van der Waals surface area (Å²) in [4.78, 5) is 0. The van der Waals surface area contributed by atoms with Gasteiger partial charge in [-0.3, -0.25) is 0 Å². The largest absolute Gasteiger partial charge is 0.497 e. The van der Waals surface area contributed by atoms with E-state index in [0.717, 1.165) is 22.6 Å². The molecule has 0 aromatic heterocycles. The highest BCUT2D eigenvalue weighted by atomic mass is 16.5. The average molecular weight is 213 g/mol. The Morgan fingerprint density at radius 1 is 0.938 bits per heavy atom. The highest BCUT2D eigenvalue weighted by Crippen LogP contribution is 2.29. The Hall–Kier alpha value is -1.96. The zero-order chi connectivity index (χ0) is 11.4. The lowest BCUT2D eigenvalue weighted by Gasteiger charge is -2.08. The zero-order valence-corrected chi connectivity index (χ0v) is 9.36. The second-order valence-corrected chi connectivity index (χ2v) is 3.34. The molecule has 0 atom stereocenters. The molecule has 16 heavy (non-hydrogen) atoms. The molecule has 2 rings (SSSR count). The van der Waals surface area contributed by atoms with E-state index in [1.54, 1.807) is 14.2 Å². The zero-order valence-electron chi connectivity index (χ0n) is 9.36. The summed E-state index contributed by atoms with van der Waals surface area (Å²) < 4.78 is 10.4. The molecule has 0 bridgehead atoms. The average Bonchev–Trinajstić information content (AvgIpc) is 2.39. The lowest BCUT2D eigenvalue weighted by atomic mass is 10.0. The molecule has 0 saturated heterocycles. The Morgan fingerprint density at radius 3 is 2.38 bits per heavy atom. The van der Waals surface area contributed by atoms with Gasteiger partial charge in [-0.1, -0.05) is 18.2 Å². The molecule has 0 N–H and O–H groups in total. The number of hydrogen-bond acceptors (Lipinski definition) is 2. The minimum absolute atomic E-state index is 0.804. The fraction of sp³-hybridized carbons (Fsp3) is 0.143. The third-order valence-electron chi connectivity index (χ3n) is 2.42. The van der Waals surface area contributed by atoms with Crippen molar-refractivity contribution in [3.05, 3.63) is 48.5 Å². The summed E-state index contributed by atoms with van der Waals surface area (Å²) in [5.74, 6) is 1.66. The molecule has 2 aromatic rings. The number of para-hydroxylation sites is 1. The van der Waals surface area contributed by atoms with Crippen molar-refractivity contribution in [2.45, 2.75) is 0 Å². The number of ether oxygens (including phenoxy) is 2. The predicted molar refractivity (Wildman–Crippen MR) is 63.8 cm³/mol. The van der Waals surface area contributed by atoms with Crippen molar-refractivity contribution in [2.24, 2.45) is 0 Å². The Balaban J connectivity index is 2.42. The topological polar surface area (TPSA) is 18.5 Å². The minimum atomic E-state index is 0.804. The predicted octanol–water partition coefficient (Wildman–Crippen LogP) is 3.17. The number of benzene rings is 2. The van der Waals surface area contributed by atoms with Crippen molar-refractivity contribution in [2.75, 3.05) is 14.2 Å². The van der Waals surface area contributed by atoms with Crippen LogP contribution in [-0.4, -0.2) is 14.2 Å². The van der Waals surface area contributed by atoms with E-state index in [1.165, 1.54) is 0 Å². The van der Waals surface area contributed by atoms with Gasteiger partial charge in [0.05, 0.1) is 14.2 Å². The van der Waals surface area contributed by atoms with Crippen LogP contribution in [0.5, 0.6) is 11.5 Å². The number of methoxy groups -OCH3 is 2. The standard InChI is InChI=1S/C14H13O2/c1-15-12-9-7-11(8-10-12)13-5-3-4-6-14(13)16-2/h3-7,9-10H,1-2H3. The first kappa shape index (κ1) is 10.6. The van der Waals surface area contributed by atoms with Crippen molar-refractivity contribution >= 4 is 0 Å². The van der Waals surface area contributed by atoms with Crippen LogP contribution in [0.4, 0.5) is 0 Å². The van der Waals surface area contributed by atoms with Crippen molar-refractivity contribution in [3.8, 4) is 22.6 Å². The third-order valence-corrected chi connectivity index (χ3v) is 2.42. The van der Waals surface area contributed by atoms with Crippen LogP contribution in [0.2, 0.25) is 0 Å². The molecule has 0 amide bonds. The number of hydrogen-bond donors (Lipinski definition) is 0. The van der Waals surface area contributed by atoms with Crippen LogP contribution in [0.25, 0.3) is 11.1 Å². The van der Waals surface area contributed by atoms with E-state index in [-0.39, 0.29) is 0 Å². The van der Waals surface area contributed by atoms with Gasteiger partial charge in [-0.05, 0) is 35.9 Å². The van der Waals surface area contributed by atoms with Crippen LogP contribution >= 0.6 is 0 Å². The van der Waals surface area contributed by atoms with Gasteiger partial charge >= 0.3 is 0 Å². The van der Waals surface area contributed by atoms with Crippen LogP contribution in [0.3, 0.4) is 0 Å². The van der Waals surface area contributed by atoms with Crippen LogP contribution < -0.4 is 9.47 Å². The molecule has 0 aliphatic carbocycles. The monoisotopic (exact) mass is 213 g/mol. The molecular formula is C14H13O2. The summed E-state index contributed by atoms with van der Waals surface area (Å²) >= 11 is 0. The molecule has 81 valence electrons. The normalized spacial score (nSPS) is 9.88. The Labute approximate surface area is 95.4 Å². The van der Waals surface area contributed by atoms with Gasteiger partial charge in [0.25, 0.3) is 0 Å². The maximum Gasteiger partial charge on any atom is 0.126 e. The van der Waals surface area contributed by atoms with Crippen LogP contribution in [0.1, 0.15) is 0 Å².